The Morgan fingerprint density at radius 2 is 1.74 bits per heavy atom. The molecule has 1 N–H and O–H groups in total. The summed E-state index contributed by atoms with van der Waals surface area (Å²) in [6.07, 6.45) is 1.55. The van der Waals surface area contributed by atoms with Gasteiger partial charge in [0, 0.05) is 37.9 Å². The van der Waals surface area contributed by atoms with E-state index in [2.05, 4.69) is 5.32 Å². The van der Waals surface area contributed by atoms with Crippen molar-refractivity contribution in [2.45, 2.75) is 11.4 Å². The Balaban J connectivity index is 1.48. The Hall–Kier alpha value is -3.37. The summed E-state index contributed by atoms with van der Waals surface area (Å²) in [6, 6.07) is 16.8. The predicted octanol–water partition coefficient (Wildman–Crippen LogP) is 3.31. The van der Waals surface area contributed by atoms with Gasteiger partial charge in [-0.25, -0.2) is 8.42 Å². The number of hydrogen-bond donors (Lipinski definition) is 1. The summed E-state index contributed by atoms with van der Waals surface area (Å²) in [4.78, 5) is 13.3. The molecule has 0 spiro atoms. The second-order valence-electron chi connectivity index (χ2n) is 7.10. The van der Waals surface area contributed by atoms with Gasteiger partial charge >= 0.3 is 0 Å². The molecule has 2 aromatic carbocycles. The van der Waals surface area contributed by atoms with Crippen LogP contribution in [0.15, 0.2) is 76.2 Å². The first kappa shape index (κ1) is 20.9. The molecule has 1 aromatic heterocycles. The van der Waals surface area contributed by atoms with Crippen molar-refractivity contribution in [3.8, 4) is 0 Å². The summed E-state index contributed by atoms with van der Waals surface area (Å²) >= 11 is 0. The molecule has 1 fully saturated rings. The van der Waals surface area contributed by atoms with Crippen LogP contribution in [-0.4, -0.2) is 43.8 Å². The van der Waals surface area contributed by atoms with Gasteiger partial charge in [-0.1, -0.05) is 18.2 Å². The van der Waals surface area contributed by atoms with Gasteiger partial charge in [0.15, 0.2) is 0 Å². The molecule has 10 heteroatoms. The van der Waals surface area contributed by atoms with Crippen LogP contribution in [0.1, 0.15) is 5.76 Å². The van der Waals surface area contributed by atoms with Gasteiger partial charge in [0.25, 0.3) is 5.69 Å². The van der Waals surface area contributed by atoms with Gasteiger partial charge in [0.1, 0.15) is 11.4 Å². The van der Waals surface area contributed by atoms with Crippen LogP contribution in [-0.2, 0) is 16.6 Å². The first-order valence-electron chi connectivity index (χ1n) is 9.80. The van der Waals surface area contributed by atoms with Crippen molar-refractivity contribution in [3.05, 3.63) is 82.8 Å². The summed E-state index contributed by atoms with van der Waals surface area (Å²) < 4.78 is 32.4. The van der Waals surface area contributed by atoms with Crippen LogP contribution >= 0.6 is 0 Å². The van der Waals surface area contributed by atoms with E-state index in [1.807, 2.05) is 4.90 Å². The first-order valence-corrected chi connectivity index (χ1v) is 11.2. The van der Waals surface area contributed by atoms with Crippen molar-refractivity contribution < 1.29 is 17.8 Å². The van der Waals surface area contributed by atoms with E-state index in [0.29, 0.717) is 44.2 Å². The fourth-order valence-electron chi connectivity index (χ4n) is 3.55. The molecule has 0 atom stereocenters. The number of benzene rings is 2. The largest absolute Gasteiger partial charge is 0.467 e. The van der Waals surface area contributed by atoms with Gasteiger partial charge < -0.3 is 14.6 Å². The SMILES string of the molecule is O=[N+]([O-])c1ccc(N2CCN(S(=O)(=O)c3ccccc3)CC2)cc1NCc1ccco1. The zero-order valence-corrected chi connectivity index (χ0v) is 17.5. The number of nitro groups is 1. The van der Waals surface area contributed by atoms with Crippen LogP contribution in [0, 0.1) is 10.1 Å². The van der Waals surface area contributed by atoms with E-state index in [9.17, 15) is 18.5 Å². The molecule has 0 amide bonds. The normalized spacial score (nSPS) is 15.0. The summed E-state index contributed by atoms with van der Waals surface area (Å²) in [6.45, 7) is 1.97. The lowest BCUT2D eigenvalue weighted by atomic mass is 10.2. The molecule has 3 aromatic rings. The molecule has 1 aliphatic heterocycles. The van der Waals surface area contributed by atoms with Crippen LogP contribution < -0.4 is 10.2 Å². The zero-order chi connectivity index (χ0) is 21.8. The molecule has 1 aliphatic rings. The number of nitrogens with zero attached hydrogens (tertiary/aromatic N) is 3. The highest BCUT2D eigenvalue weighted by molar-refractivity contribution is 7.89. The number of piperazine rings is 1. The Morgan fingerprint density at radius 3 is 2.39 bits per heavy atom. The monoisotopic (exact) mass is 442 g/mol. The van der Waals surface area contributed by atoms with Gasteiger partial charge in [-0.05, 0) is 36.4 Å². The maximum Gasteiger partial charge on any atom is 0.292 e. The third-order valence-corrected chi connectivity index (χ3v) is 7.11. The van der Waals surface area contributed by atoms with Gasteiger partial charge in [0.2, 0.25) is 10.0 Å². The van der Waals surface area contributed by atoms with Crippen LogP contribution in [0.25, 0.3) is 0 Å². The van der Waals surface area contributed by atoms with Crippen molar-refractivity contribution in [3.63, 3.8) is 0 Å². The van der Waals surface area contributed by atoms with Gasteiger partial charge in [-0.15, -0.1) is 0 Å². The molecule has 0 saturated carbocycles. The second kappa shape index (κ2) is 8.78. The van der Waals surface area contributed by atoms with Crippen molar-refractivity contribution in [1.82, 2.24) is 4.31 Å². The number of sulfonamides is 1. The van der Waals surface area contributed by atoms with E-state index in [1.54, 1.807) is 60.9 Å². The van der Waals surface area contributed by atoms with E-state index in [1.165, 1.54) is 10.4 Å². The molecule has 1 saturated heterocycles. The molecule has 162 valence electrons. The third kappa shape index (κ3) is 4.54. The van der Waals surface area contributed by atoms with Crippen LogP contribution in [0.5, 0.6) is 0 Å². The van der Waals surface area contributed by atoms with E-state index >= 15 is 0 Å². The van der Waals surface area contributed by atoms with Crippen LogP contribution in [0.2, 0.25) is 0 Å². The van der Waals surface area contributed by atoms with Crippen LogP contribution in [0.4, 0.5) is 17.1 Å². The lowest BCUT2D eigenvalue weighted by Gasteiger charge is -2.35. The lowest BCUT2D eigenvalue weighted by molar-refractivity contribution is -0.384. The highest BCUT2D eigenvalue weighted by Crippen LogP contribution is 2.31. The number of furan rings is 1. The topological polar surface area (TPSA) is 109 Å². The molecule has 0 bridgehead atoms. The number of anilines is 2. The molecule has 31 heavy (non-hydrogen) atoms. The predicted molar refractivity (Wildman–Crippen MR) is 117 cm³/mol. The minimum Gasteiger partial charge on any atom is -0.467 e. The van der Waals surface area contributed by atoms with Crippen LogP contribution in [0.3, 0.4) is 0 Å². The number of nitrogens with one attached hydrogen (secondary N) is 1. The molecule has 0 radical (unpaired) electrons. The summed E-state index contributed by atoms with van der Waals surface area (Å²) in [5.74, 6) is 0.666. The fraction of sp³-hybridized carbons (Fsp3) is 0.238. The van der Waals surface area contributed by atoms with Crippen molar-refractivity contribution in [2.75, 3.05) is 36.4 Å². The van der Waals surface area contributed by atoms with Gasteiger partial charge in [-0.2, -0.15) is 4.31 Å². The third-order valence-electron chi connectivity index (χ3n) is 5.19. The number of rotatable bonds is 7. The quantitative estimate of drug-likeness (QED) is 0.442. The molecule has 0 unspecified atom stereocenters. The Bertz CT molecular complexity index is 1140. The Kier molecular flexibility index (Phi) is 5.92. The highest BCUT2D eigenvalue weighted by Gasteiger charge is 2.29. The average molecular weight is 442 g/mol. The van der Waals surface area contributed by atoms with E-state index in [0.717, 1.165) is 5.69 Å². The number of nitro benzene ring substituents is 1. The van der Waals surface area contributed by atoms with E-state index in [-0.39, 0.29) is 10.6 Å². The standard InChI is InChI=1S/C21H22N4O5S/c26-25(27)21-9-8-17(15-20(21)22-16-18-5-4-14-30-18)23-10-12-24(13-11-23)31(28,29)19-6-2-1-3-7-19/h1-9,14-15,22H,10-13,16H2. The molecular weight excluding hydrogens is 420 g/mol. The van der Waals surface area contributed by atoms with E-state index < -0.39 is 14.9 Å². The molecule has 0 aliphatic carbocycles. The van der Waals surface area contributed by atoms with Crippen molar-refractivity contribution >= 4 is 27.1 Å². The molecular formula is C21H22N4O5S. The molecule has 9 nitrogen and oxygen atoms in total. The van der Waals surface area contributed by atoms with Crippen molar-refractivity contribution in [2.24, 2.45) is 0 Å². The summed E-state index contributed by atoms with van der Waals surface area (Å²) in [7, 11) is -3.53. The van der Waals surface area contributed by atoms with Gasteiger partial charge in [0.05, 0.1) is 22.6 Å². The maximum atomic E-state index is 12.8. The smallest absolute Gasteiger partial charge is 0.292 e. The first-order chi connectivity index (χ1) is 14.9. The van der Waals surface area contributed by atoms with Crippen molar-refractivity contribution in [1.29, 1.82) is 0 Å². The zero-order valence-electron chi connectivity index (χ0n) is 16.7. The lowest BCUT2D eigenvalue weighted by Crippen LogP contribution is -2.48. The minimum atomic E-state index is -3.53. The van der Waals surface area contributed by atoms with E-state index in [4.69, 9.17) is 4.42 Å². The minimum absolute atomic E-state index is 0.0272. The maximum absolute atomic E-state index is 12.8. The second-order valence-corrected chi connectivity index (χ2v) is 9.03. The summed E-state index contributed by atoms with van der Waals surface area (Å²) in [5.41, 5.74) is 1.16. The Morgan fingerprint density at radius 1 is 1.00 bits per heavy atom. The fourth-order valence-corrected chi connectivity index (χ4v) is 4.99. The molecule has 2 heterocycles. The Labute approximate surface area is 180 Å². The average Bonchev–Trinajstić information content (AvgIpc) is 3.32. The highest BCUT2D eigenvalue weighted by atomic mass is 32.2. The number of hydrogen-bond acceptors (Lipinski definition) is 7. The van der Waals surface area contributed by atoms with Gasteiger partial charge in [-0.3, -0.25) is 10.1 Å². The summed E-state index contributed by atoms with van der Waals surface area (Å²) in [5, 5.41) is 14.5. The molecule has 4 rings (SSSR count).